The van der Waals surface area contributed by atoms with Crippen molar-refractivity contribution < 1.29 is 36.6 Å². The van der Waals surface area contributed by atoms with Crippen LogP contribution in [-0.2, 0) is 9.47 Å². The third-order valence-corrected chi connectivity index (χ3v) is 7.80. The van der Waals surface area contributed by atoms with Crippen molar-refractivity contribution in [2.45, 2.75) is 30.8 Å². The van der Waals surface area contributed by atoms with Gasteiger partial charge >= 0.3 is 6.09 Å². The number of hydrogen-bond donors (Lipinski definition) is 0. The van der Waals surface area contributed by atoms with E-state index >= 15 is 0 Å². The molecule has 0 N–H and O–H groups in total. The van der Waals surface area contributed by atoms with E-state index in [1.807, 2.05) is 48.5 Å². The zero-order valence-electron chi connectivity index (χ0n) is 20.1. The Balaban J connectivity index is 1.19. The second-order valence-electron chi connectivity index (χ2n) is 9.93. The van der Waals surface area contributed by atoms with Crippen molar-refractivity contribution in [1.29, 1.82) is 0 Å². The van der Waals surface area contributed by atoms with Gasteiger partial charge in [-0.2, -0.15) is 0 Å². The highest BCUT2D eigenvalue weighted by Crippen LogP contribution is 2.45. The highest BCUT2D eigenvalue weighted by atomic mass is 19.2. The van der Waals surface area contributed by atoms with Crippen molar-refractivity contribution in [3.05, 3.63) is 94.6 Å². The molecule has 0 radical (unpaired) electrons. The van der Waals surface area contributed by atoms with Crippen LogP contribution >= 0.6 is 0 Å². The molecule has 2 atom stereocenters. The van der Waals surface area contributed by atoms with E-state index in [0.29, 0.717) is 0 Å². The van der Waals surface area contributed by atoms with Crippen LogP contribution in [0.15, 0.2) is 54.6 Å². The number of halogens is 4. The van der Waals surface area contributed by atoms with Crippen LogP contribution in [0.4, 0.5) is 22.4 Å². The minimum absolute atomic E-state index is 0.0243. The smallest absolute Gasteiger partial charge is 0.410 e. The lowest BCUT2D eigenvalue weighted by molar-refractivity contribution is -0.0748. The molecule has 2 bridgehead atoms. The van der Waals surface area contributed by atoms with Crippen LogP contribution in [0.3, 0.4) is 0 Å². The lowest BCUT2D eigenvalue weighted by Crippen LogP contribution is -2.60. The van der Waals surface area contributed by atoms with Gasteiger partial charge in [-0.25, -0.2) is 22.4 Å². The van der Waals surface area contributed by atoms with Gasteiger partial charge in [-0.05, 0) is 35.1 Å². The summed E-state index contributed by atoms with van der Waals surface area (Å²) in [6.07, 6.45) is -0.516. The molecule has 2 unspecified atom stereocenters. The normalized spacial score (nSPS) is 22.1. The maximum atomic E-state index is 14.3. The summed E-state index contributed by atoms with van der Waals surface area (Å²) in [4.78, 5) is 27.8. The maximum absolute atomic E-state index is 14.3. The number of hydrogen-bond acceptors (Lipinski definition) is 4. The number of fused-ring (bicyclic) bond motifs is 5. The number of nitrogens with zero attached hydrogens (tertiary/aromatic N) is 1. The zero-order valence-corrected chi connectivity index (χ0v) is 20.1. The van der Waals surface area contributed by atoms with Crippen LogP contribution in [0.5, 0.6) is 0 Å². The predicted molar refractivity (Wildman–Crippen MR) is 129 cm³/mol. The molecule has 38 heavy (non-hydrogen) atoms. The first-order valence-electron chi connectivity index (χ1n) is 12.4. The predicted octanol–water partition coefficient (Wildman–Crippen LogP) is 5.85. The fourth-order valence-corrected chi connectivity index (χ4v) is 6.09. The SMILES string of the molecule is O=C(c1c(F)c(F)cc(F)c1F)C1CC2COCC(C1)N2C(=O)OCC1c2ccccc2-c2ccccc21. The van der Waals surface area contributed by atoms with Crippen molar-refractivity contribution in [3.63, 3.8) is 0 Å². The topological polar surface area (TPSA) is 55.8 Å². The molecule has 3 aliphatic rings. The molecule has 5 nitrogen and oxygen atoms in total. The molecule has 0 aromatic heterocycles. The van der Waals surface area contributed by atoms with Gasteiger partial charge < -0.3 is 9.47 Å². The highest BCUT2D eigenvalue weighted by molar-refractivity contribution is 5.98. The molecule has 2 aliphatic heterocycles. The van der Waals surface area contributed by atoms with Crippen LogP contribution in [0.1, 0.15) is 40.2 Å². The number of benzene rings is 3. The second kappa shape index (κ2) is 9.54. The van der Waals surface area contributed by atoms with Gasteiger partial charge in [0.2, 0.25) is 0 Å². The molecular formula is C29H23F4NO4. The Hall–Kier alpha value is -3.72. The Morgan fingerprint density at radius 3 is 1.92 bits per heavy atom. The van der Waals surface area contributed by atoms with E-state index in [4.69, 9.17) is 9.47 Å². The highest BCUT2D eigenvalue weighted by Gasteiger charge is 2.46. The van der Waals surface area contributed by atoms with Crippen molar-refractivity contribution in [3.8, 4) is 11.1 Å². The summed E-state index contributed by atoms with van der Waals surface area (Å²) in [5.41, 5.74) is 3.12. The lowest BCUT2D eigenvalue weighted by atomic mass is 9.80. The fraction of sp³-hybridized carbons (Fsp3) is 0.310. The Bertz CT molecular complexity index is 1360. The van der Waals surface area contributed by atoms with Crippen LogP contribution in [-0.4, -0.2) is 48.7 Å². The van der Waals surface area contributed by atoms with Gasteiger partial charge in [-0.15, -0.1) is 0 Å². The number of morpholine rings is 1. The molecule has 9 heteroatoms. The maximum Gasteiger partial charge on any atom is 0.410 e. The van der Waals surface area contributed by atoms with Gasteiger partial charge in [0, 0.05) is 17.9 Å². The lowest BCUT2D eigenvalue weighted by Gasteiger charge is -2.47. The summed E-state index contributed by atoms with van der Waals surface area (Å²) in [5, 5.41) is 0. The molecular weight excluding hydrogens is 502 g/mol. The van der Waals surface area contributed by atoms with E-state index in [9.17, 15) is 27.2 Å². The number of rotatable bonds is 4. The van der Waals surface area contributed by atoms with Gasteiger partial charge in [0.15, 0.2) is 29.1 Å². The molecule has 6 rings (SSSR count). The molecule has 0 saturated carbocycles. The van der Waals surface area contributed by atoms with Crippen molar-refractivity contribution in [2.75, 3.05) is 19.8 Å². The molecule has 3 aromatic carbocycles. The fourth-order valence-electron chi connectivity index (χ4n) is 6.09. The van der Waals surface area contributed by atoms with E-state index in [0.717, 1.165) is 22.3 Å². The number of amides is 1. The van der Waals surface area contributed by atoms with E-state index in [1.165, 1.54) is 4.90 Å². The van der Waals surface area contributed by atoms with Crippen molar-refractivity contribution in [2.24, 2.45) is 5.92 Å². The first-order valence-corrected chi connectivity index (χ1v) is 12.4. The average Bonchev–Trinajstić information content (AvgIpc) is 3.23. The third-order valence-electron chi connectivity index (χ3n) is 7.80. The van der Waals surface area contributed by atoms with Gasteiger partial charge in [0.25, 0.3) is 0 Å². The number of Topliss-reactive ketones (excluding diaryl/α,β-unsaturated/α-hetero) is 1. The van der Waals surface area contributed by atoms with Crippen LogP contribution in [0.2, 0.25) is 0 Å². The van der Waals surface area contributed by atoms with Crippen LogP contribution in [0.25, 0.3) is 11.1 Å². The standard InChI is InChI=1S/C29H23F4NO4/c30-23-11-24(31)27(33)25(26(23)32)28(35)15-9-16-12-37-13-17(10-15)34(16)29(36)38-14-22-20-7-3-1-5-18(20)19-6-2-4-8-21(19)22/h1-8,11,15-17,22H,9-10,12-14H2. The molecule has 0 spiro atoms. The van der Waals surface area contributed by atoms with E-state index < -0.39 is 58.7 Å². The average molecular weight is 525 g/mol. The zero-order chi connectivity index (χ0) is 26.6. The van der Waals surface area contributed by atoms with E-state index in [-0.39, 0.29) is 44.6 Å². The van der Waals surface area contributed by atoms with Crippen LogP contribution in [0, 0.1) is 29.2 Å². The summed E-state index contributed by atoms with van der Waals surface area (Å²) < 4.78 is 67.4. The summed E-state index contributed by atoms with van der Waals surface area (Å²) in [6, 6.07) is 14.8. The molecule has 1 aliphatic carbocycles. The first-order chi connectivity index (χ1) is 18.3. The molecule has 2 saturated heterocycles. The Kier molecular flexibility index (Phi) is 6.18. The van der Waals surface area contributed by atoms with Gasteiger partial charge in [-0.1, -0.05) is 48.5 Å². The summed E-state index contributed by atoms with van der Waals surface area (Å²) in [7, 11) is 0. The van der Waals surface area contributed by atoms with Gasteiger partial charge in [0.05, 0.1) is 30.9 Å². The summed E-state index contributed by atoms with van der Waals surface area (Å²) in [6.45, 7) is 0.324. The van der Waals surface area contributed by atoms with Gasteiger partial charge in [0.1, 0.15) is 6.61 Å². The van der Waals surface area contributed by atoms with Crippen molar-refractivity contribution in [1.82, 2.24) is 4.90 Å². The molecule has 3 aromatic rings. The number of ketones is 1. The van der Waals surface area contributed by atoms with Gasteiger partial charge in [-0.3, -0.25) is 9.69 Å². The monoisotopic (exact) mass is 525 g/mol. The number of carbonyl (C=O) groups is 2. The largest absolute Gasteiger partial charge is 0.448 e. The summed E-state index contributed by atoms with van der Waals surface area (Å²) in [5.74, 6) is -8.78. The summed E-state index contributed by atoms with van der Waals surface area (Å²) >= 11 is 0. The first kappa shape index (κ1) is 24.6. The van der Waals surface area contributed by atoms with E-state index in [1.54, 1.807) is 0 Å². The number of ether oxygens (including phenoxy) is 2. The van der Waals surface area contributed by atoms with Crippen LogP contribution < -0.4 is 0 Å². The van der Waals surface area contributed by atoms with E-state index in [2.05, 4.69) is 0 Å². The number of piperidine rings is 1. The second-order valence-corrected chi connectivity index (χ2v) is 9.93. The molecule has 1 amide bonds. The minimum Gasteiger partial charge on any atom is -0.448 e. The van der Waals surface area contributed by atoms with Crippen molar-refractivity contribution >= 4 is 11.9 Å². The minimum atomic E-state index is -1.71. The molecule has 196 valence electrons. The Labute approximate surface area is 216 Å². The quantitative estimate of drug-likeness (QED) is 0.244. The molecule has 2 heterocycles. The number of carbonyl (C=O) groups excluding carboxylic acids is 2. The third kappa shape index (κ3) is 3.96. The Morgan fingerprint density at radius 1 is 0.842 bits per heavy atom. The molecule has 2 fully saturated rings. The Morgan fingerprint density at radius 2 is 1.37 bits per heavy atom.